The standard InChI is InChI=1S/C64H54N2S2/c1-5-17-41(18-6-1)53-39-57(65(43-21-9-3-10-22-43)45-29-35-61-55(37-45)47-25-13-15-27-59(47)67-61)51-34-32-50-54(42-19-7-2-8-20-42)40-58(52-33-31-49(53)63(51)64(50)52)66(44-23-11-4-12-24-44)46-30-36-62-56(38-46)48-26-14-16-28-60(48)68-62/h3-4,9-15,21-27,29-42H,1-2,5-8,16-20,28H2. The van der Waals surface area contributed by atoms with E-state index in [1.54, 1.807) is 0 Å². The Kier molecular flexibility index (Phi) is 9.94. The van der Waals surface area contributed by atoms with Gasteiger partial charge in [0.1, 0.15) is 0 Å². The Balaban J connectivity index is 1.08. The number of para-hydroxylation sites is 2. The van der Waals surface area contributed by atoms with Gasteiger partial charge in [-0.2, -0.15) is 0 Å². The van der Waals surface area contributed by atoms with Crippen LogP contribution in [0.1, 0.15) is 104 Å². The number of hydrogen-bond acceptors (Lipinski definition) is 4. The highest BCUT2D eigenvalue weighted by Gasteiger charge is 2.30. The fourth-order valence-corrected chi connectivity index (χ4v) is 15.1. The SMILES string of the molecule is C1=Cc2c(sc3ccc(N(c4ccccc4)c4cc(C5CCCCC5)c5ccc6c(N(c7ccccc7)c7ccc8sc9ccccc9c8c7)cc(C7CCCCC7)c7ccc4c5c76)cc23)CC1. The molecule has 332 valence electrons. The third-order valence-electron chi connectivity index (χ3n) is 16.0. The molecule has 68 heavy (non-hydrogen) atoms. The molecule has 0 radical (unpaired) electrons. The second-order valence-electron chi connectivity index (χ2n) is 19.9. The maximum Gasteiger partial charge on any atom is 0.0543 e. The molecule has 0 saturated heterocycles. The highest BCUT2D eigenvalue weighted by molar-refractivity contribution is 7.25. The molecule has 0 amide bonds. The van der Waals surface area contributed by atoms with Crippen molar-refractivity contribution < 1.29 is 0 Å². The number of fused-ring (bicyclic) bond motifs is 6. The smallest absolute Gasteiger partial charge is 0.0543 e. The van der Waals surface area contributed by atoms with E-state index in [0.29, 0.717) is 11.8 Å². The van der Waals surface area contributed by atoms with Crippen molar-refractivity contribution in [1.29, 1.82) is 0 Å². The molecule has 2 aromatic heterocycles. The van der Waals surface area contributed by atoms with Gasteiger partial charge in [0.25, 0.3) is 0 Å². The topological polar surface area (TPSA) is 6.48 Å². The molecule has 0 atom stereocenters. The number of nitrogens with zero attached hydrogens (tertiary/aromatic N) is 2. The minimum absolute atomic E-state index is 0.517. The summed E-state index contributed by atoms with van der Waals surface area (Å²) in [5, 5.41) is 12.4. The van der Waals surface area contributed by atoms with Crippen LogP contribution in [0.2, 0.25) is 0 Å². The Hall–Kier alpha value is -6.46. The molecule has 2 nitrogen and oxygen atoms in total. The largest absolute Gasteiger partial charge is 0.310 e. The molecule has 14 rings (SSSR count). The van der Waals surface area contributed by atoms with Crippen molar-refractivity contribution in [3.63, 3.8) is 0 Å². The van der Waals surface area contributed by atoms with Gasteiger partial charge in [-0.3, -0.25) is 0 Å². The molecule has 3 aliphatic rings. The zero-order valence-electron chi connectivity index (χ0n) is 38.5. The highest BCUT2D eigenvalue weighted by atomic mass is 32.1. The molecule has 2 heterocycles. The minimum Gasteiger partial charge on any atom is -0.310 e. The van der Waals surface area contributed by atoms with E-state index in [2.05, 4.69) is 180 Å². The van der Waals surface area contributed by atoms with Gasteiger partial charge in [-0.15, -0.1) is 22.7 Å². The summed E-state index contributed by atoms with van der Waals surface area (Å²) in [5.41, 5.74) is 11.9. The highest BCUT2D eigenvalue weighted by Crippen LogP contribution is 2.54. The summed E-state index contributed by atoms with van der Waals surface area (Å²) in [6.45, 7) is 0. The third kappa shape index (κ3) is 6.62. The Labute approximate surface area is 407 Å². The molecule has 9 aromatic carbocycles. The van der Waals surface area contributed by atoms with Gasteiger partial charge in [-0.25, -0.2) is 0 Å². The number of hydrogen-bond donors (Lipinski definition) is 0. The number of allylic oxidation sites excluding steroid dienone is 1. The Morgan fingerprint density at radius 3 is 1.47 bits per heavy atom. The summed E-state index contributed by atoms with van der Waals surface area (Å²) in [6, 6.07) is 61.2. The Bertz CT molecular complexity index is 3720. The van der Waals surface area contributed by atoms with E-state index in [1.807, 2.05) is 22.7 Å². The van der Waals surface area contributed by atoms with Crippen molar-refractivity contribution in [3.05, 3.63) is 185 Å². The normalized spacial score (nSPS) is 15.9. The van der Waals surface area contributed by atoms with Gasteiger partial charge < -0.3 is 9.80 Å². The van der Waals surface area contributed by atoms with E-state index in [1.165, 1.54) is 182 Å². The maximum atomic E-state index is 2.64. The monoisotopic (exact) mass is 914 g/mol. The second kappa shape index (κ2) is 16.6. The average Bonchev–Trinajstić information content (AvgIpc) is 3.97. The molecule has 0 bridgehead atoms. The molecule has 2 fully saturated rings. The average molecular weight is 915 g/mol. The van der Waals surface area contributed by atoms with Crippen molar-refractivity contribution in [2.75, 3.05) is 9.80 Å². The summed E-state index contributed by atoms with van der Waals surface area (Å²) in [6.07, 6.45) is 19.8. The lowest BCUT2D eigenvalue weighted by atomic mass is 9.77. The quantitative estimate of drug-likeness (QED) is 0.140. The second-order valence-corrected chi connectivity index (χ2v) is 22.1. The molecule has 0 N–H and O–H groups in total. The van der Waals surface area contributed by atoms with Gasteiger partial charge in [0.15, 0.2) is 0 Å². The van der Waals surface area contributed by atoms with Crippen LogP contribution >= 0.6 is 22.7 Å². The van der Waals surface area contributed by atoms with Gasteiger partial charge in [-0.1, -0.05) is 130 Å². The molecule has 11 aromatic rings. The van der Waals surface area contributed by atoms with Crippen LogP contribution in [-0.4, -0.2) is 0 Å². The molecule has 3 aliphatic carbocycles. The molecular weight excluding hydrogens is 861 g/mol. The summed E-state index contributed by atoms with van der Waals surface area (Å²) < 4.78 is 4.06. The number of anilines is 6. The van der Waals surface area contributed by atoms with Crippen LogP contribution in [-0.2, 0) is 6.42 Å². The van der Waals surface area contributed by atoms with Crippen molar-refractivity contribution in [2.45, 2.75) is 88.9 Å². The fraction of sp³-hybridized carbons (Fsp3) is 0.219. The van der Waals surface area contributed by atoms with E-state index in [0.717, 1.165) is 12.8 Å². The molecule has 0 unspecified atom stereocenters. The summed E-state index contributed by atoms with van der Waals surface area (Å²) in [5.74, 6) is 1.04. The molecular formula is C64H54N2S2. The summed E-state index contributed by atoms with van der Waals surface area (Å²) >= 11 is 3.88. The minimum atomic E-state index is 0.517. The molecule has 0 spiro atoms. The predicted molar refractivity (Wildman–Crippen MR) is 297 cm³/mol. The van der Waals surface area contributed by atoms with E-state index in [9.17, 15) is 0 Å². The van der Waals surface area contributed by atoms with Crippen molar-refractivity contribution in [3.8, 4) is 0 Å². The van der Waals surface area contributed by atoms with Crippen LogP contribution in [0, 0.1) is 0 Å². The van der Waals surface area contributed by atoms with Gasteiger partial charge in [0.05, 0.1) is 11.4 Å². The molecule has 2 saturated carbocycles. The van der Waals surface area contributed by atoms with Crippen LogP contribution in [0.15, 0.2) is 164 Å². The lowest BCUT2D eigenvalue weighted by Crippen LogP contribution is -2.14. The van der Waals surface area contributed by atoms with E-state index >= 15 is 0 Å². The first-order valence-electron chi connectivity index (χ1n) is 25.4. The van der Waals surface area contributed by atoms with Crippen molar-refractivity contribution in [1.82, 2.24) is 0 Å². The fourth-order valence-electron chi connectivity index (χ4n) is 12.8. The van der Waals surface area contributed by atoms with Gasteiger partial charge in [-0.05, 0) is 167 Å². The van der Waals surface area contributed by atoms with Gasteiger partial charge >= 0.3 is 0 Å². The van der Waals surface area contributed by atoms with E-state index in [4.69, 9.17) is 0 Å². The third-order valence-corrected chi connectivity index (χ3v) is 18.4. The Morgan fingerprint density at radius 2 is 0.882 bits per heavy atom. The zero-order valence-corrected chi connectivity index (χ0v) is 40.1. The Morgan fingerprint density at radius 1 is 0.382 bits per heavy atom. The van der Waals surface area contributed by atoms with Crippen LogP contribution in [0.5, 0.6) is 0 Å². The van der Waals surface area contributed by atoms with Gasteiger partial charge in [0, 0.05) is 68.7 Å². The van der Waals surface area contributed by atoms with E-state index in [-0.39, 0.29) is 0 Å². The first kappa shape index (κ1) is 40.6. The lowest BCUT2D eigenvalue weighted by Gasteiger charge is -2.33. The van der Waals surface area contributed by atoms with Crippen LogP contribution in [0.25, 0.3) is 68.7 Å². The zero-order chi connectivity index (χ0) is 44.7. The maximum absolute atomic E-state index is 2.64. The van der Waals surface area contributed by atoms with Gasteiger partial charge in [0.2, 0.25) is 0 Å². The summed E-state index contributed by atoms with van der Waals surface area (Å²) in [4.78, 5) is 6.72. The lowest BCUT2D eigenvalue weighted by molar-refractivity contribution is 0.445. The van der Waals surface area contributed by atoms with Crippen molar-refractivity contribution >= 4 is 125 Å². The first-order valence-corrected chi connectivity index (χ1v) is 27.0. The summed E-state index contributed by atoms with van der Waals surface area (Å²) in [7, 11) is 0. The molecule has 4 heteroatoms. The van der Waals surface area contributed by atoms with Crippen molar-refractivity contribution in [2.24, 2.45) is 0 Å². The number of thiophene rings is 2. The van der Waals surface area contributed by atoms with Crippen LogP contribution in [0.3, 0.4) is 0 Å². The van der Waals surface area contributed by atoms with Crippen LogP contribution in [0.4, 0.5) is 34.1 Å². The van der Waals surface area contributed by atoms with Crippen LogP contribution < -0.4 is 9.80 Å². The first-order chi connectivity index (χ1) is 33.7. The molecule has 0 aliphatic heterocycles. The number of benzene rings is 9. The number of rotatable bonds is 8. The number of aryl methyl sites for hydroxylation is 1. The van der Waals surface area contributed by atoms with E-state index < -0.39 is 0 Å². The predicted octanol–water partition coefficient (Wildman–Crippen LogP) is 20.2.